The van der Waals surface area contributed by atoms with Gasteiger partial charge in [0, 0.05) is 16.9 Å². The molecule has 0 atom stereocenters. The van der Waals surface area contributed by atoms with E-state index < -0.39 is 0 Å². The molecule has 0 saturated carbocycles. The number of nitrogens with zero attached hydrogens (tertiary/aromatic N) is 4. The average Bonchev–Trinajstić information content (AvgIpc) is 3.43. The second kappa shape index (κ2) is 12.2. The first-order chi connectivity index (χ1) is 19.2. The van der Waals surface area contributed by atoms with E-state index in [-0.39, 0.29) is 11.9 Å². The van der Waals surface area contributed by atoms with Gasteiger partial charge >= 0.3 is 5.97 Å². The summed E-state index contributed by atoms with van der Waals surface area (Å²) < 4.78 is 10.9. The molecule has 0 aliphatic heterocycles. The van der Waals surface area contributed by atoms with Crippen LogP contribution in [-0.4, -0.2) is 33.7 Å². The predicted molar refractivity (Wildman–Crippen MR) is 151 cm³/mol. The fourth-order valence-electron chi connectivity index (χ4n) is 3.55. The van der Waals surface area contributed by atoms with E-state index >= 15 is 0 Å². The van der Waals surface area contributed by atoms with Crippen molar-refractivity contribution in [3.63, 3.8) is 0 Å². The topological polar surface area (TPSA) is 127 Å². The third-order valence-corrected chi connectivity index (χ3v) is 5.36. The maximum Gasteiger partial charge on any atom is 0.338 e. The van der Waals surface area contributed by atoms with Crippen LogP contribution < -0.4 is 16.1 Å². The van der Waals surface area contributed by atoms with Crippen LogP contribution in [0.25, 0.3) is 11.3 Å². The molecule has 39 heavy (non-hydrogen) atoms. The number of para-hydroxylation sites is 2. The number of carbonyl (C=O) groups is 1. The molecule has 194 valence electrons. The van der Waals surface area contributed by atoms with Crippen molar-refractivity contribution in [2.24, 2.45) is 5.10 Å². The molecule has 2 heterocycles. The van der Waals surface area contributed by atoms with Crippen molar-refractivity contribution in [2.75, 3.05) is 22.7 Å². The van der Waals surface area contributed by atoms with E-state index in [1.807, 2.05) is 66.7 Å². The molecule has 10 nitrogen and oxygen atoms in total. The first kappa shape index (κ1) is 25.2. The van der Waals surface area contributed by atoms with E-state index in [4.69, 9.17) is 9.15 Å². The van der Waals surface area contributed by atoms with Crippen LogP contribution in [-0.2, 0) is 4.74 Å². The molecule has 3 N–H and O–H groups in total. The quantitative estimate of drug-likeness (QED) is 0.112. The van der Waals surface area contributed by atoms with Crippen molar-refractivity contribution < 1.29 is 13.9 Å². The monoisotopic (exact) mass is 519 g/mol. The van der Waals surface area contributed by atoms with E-state index in [1.54, 1.807) is 37.3 Å². The molecule has 0 saturated heterocycles. The van der Waals surface area contributed by atoms with Crippen LogP contribution in [0.1, 0.15) is 23.0 Å². The Morgan fingerprint density at radius 1 is 0.795 bits per heavy atom. The molecule has 5 aromatic rings. The lowest BCUT2D eigenvalue weighted by Crippen LogP contribution is -2.07. The highest BCUT2D eigenvalue weighted by molar-refractivity contribution is 5.90. The van der Waals surface area contributed by atoms with Crippen molar-refractivity contribution in [3.8, 4) is 11.3 Å². The maximum atomic E-state index is 11.9. The molecule has 0 fully saturated rings. The molecular weight excluding hydrogens is 494 g/mol. The molecule has 10 heteroatoms. The molecule has 0 aliphatic carbocycles. The lowest BCUT2D eigenvalue weighted by Gasteiger charge is -2.10. The minimum absolute atomic E-state index is 0.236. The SMILES string of the molecule is CCOC(=O)c1ccc(-c2ccc(/C=N\Nc3nc(Nc4ccccc4)nc(Nc4ccccc4)n3)o2)cc1. The number of rotatable bonds is 10. The standard InChI is InChI=1S/C29H25N7O3/c1-2-38-26(37)21-15-13-20(14-16-21)25-18-17-24(39-25)19-30-36-29-34-27(31-22-9-5-3-6-10-22)33-28(35-29)32-23-11-7-4-8-12-23/h3-19H,2H2,1H3,(H3,31,32,33,34,35,36)/b30-19-. The number of benzene rings is 3. The normalized spacial score (nSPS) is 10.8. The summed E-state index contributed by atoms with van der Waals surface area (Å²) in [5, 5.41) is 10.6. The maximum absolute atomic E-state index is 11.9. The summed E-state index contributed by atoms with van der Waals surface area (Å²) in [6.45, 7) is 2.10. The Bertz CT molecular complexity index is 1490. The molecule has 0 spiro atoms. The van der Waals surface area contributed by atoms with Gasteiger partial charge in [-0.2, -0.15) is 20.1 Å². The molecule has 0 aliphatic rings. The van der Waals surface area contributed by atoms with Crippen LogP contribution in [0.5, 0.6) is 0 Å². The minimum atomic E-state index is -0.357. The van der Waals surface area contributed by atoms with Crippen LogP contribution in [0.3, 0.4) is 0 Å². The lowest BCUT2D eigenvalue weighted by atomic mass is 10.1. The summed E-state index contributed by atoms with van der Waals surface area (Å²) in [5.74, 6) is 1.73. The number of esters is 1. The van der Waals surface area contributed by atoms with Gasteiger partial charge in [0.2, 0.25) is 17.8 Å². The average molecular weight is 520 g/mol. The summed E-state index contributed by atoms with van der Waals surface area (Å²) in [6, 6.07) is 29.8. The highest BCUT2D eigenvalue weighted by atomic mass is 16.5. The summed E-state index contributed by atoms with van der Waals surface area (Å²) in [7, 11) is 0. The Morgan fingerprint density at radius 3 is 1.97 bits per heavy atom. The Kier molecular flexibility index (Phi) is 7.84. The third-order valence-electron chi connectivity index (χ3n) is 5.36. The first-order valence-electron chi connectivity index (χ1n) is 12.2. The van der Waals surface area contributed by atoms with Gasteiger partial charge in [-0.15, -0.1) is 0 Å². The number of hydrogen-bond acceptors (Lipinski definition) is 10. The second-order valence-corrected chi connectivity index (χ2v) is 8.16. The van der Waals surface area contributed by atoms with Gasteiger partial charge in [0.15, 0.2) is 0 Å². The molecule has 5 rings (SSSR count). The van der Waals surface area contributed by atoms with Gasteiger partial charge in [-0.3, -0.25) is 0 Å². The van der Waals surface area contributed by atoms with E-state index in [0.29, 0.717) is 35.6 Å². The largest absolute Gasteiger partial charge is 0.462 e. The Hall–Kier alpha value is -5.51. The number of carbonyl (C=O) groups excluding carboxylic acids is 1. The molecule has 0 unspecified atom stereocenters. The minimum Gasteiger partial charge on any atom is -0.462 e. The number of furan rings is 1. The van der Waals surface area contributed by atoms with Gasteiger partial charge in [-0.25, -0.2) is 10.2 Å². The smallest absolute Gasteiger partial charge is 0.338 e. The molecule has 3 aromatic carbocycles. The number of ether oxygens (including phenoxy) is 1. The number of anilines is 5. The van der Waals surface area contributed by atoms with E-state index in [0.717, 1.165) is 16.9 Å². The molecule has 0 radical (unpaired) electrons. The number of nitrogens with one attached hydrogen (secondary N) is 3. The van der Waals surface area contributed by atoms with Crippen LogP contribution in [0.4, 0.5) is 29.2 Å². The number of hydrogen-bond donors (Lipinski definition) is 3. The van der Waals surface area contributed by atoms with Crippen molar-refractivity contribution in [1.82, 2.24) is 15.0 Å². The fraction of sp³-hybridized carbons (Fsp3) is 0.0690. The van der Waals surface area contributed by atoms with Crippen molar-refractivity contribution >= 4 is 41.4 Å². The Morgan fingerprint density at radius 2 is 1.38 bits per heavy atom. The van der Waals surface area contributed by atoms with Crippen LogP contribution in [0, 0.1) is 0 Å². The highest BCUT2D eigenvalue weighted by Gasteiger charge is 2.10. The van der Waals surface area contributed by atoms with Crippen molar-refractivity contribution in [1.29, 1.82) is 0 Å². The molecule has 0 bridgehead atoms. The summed E-state index contributed by atoms with van der Waals surface area (Å²) in [5.41, 5.74) is 5.82. The molecule has 0 amide bonds. The number of aromatic nitrogens is 3. The van der Waals surface area contributed by atoms with Crippen molar-refractivity contribution in [3.05, 3.63) is 108 Å². The van der Waals surface area contributed by atoms with Crippen LogP contribution >= 0.6 is 0 Å². The van der Waals surface area contributed by atoms with Crippen LogP contribution in [0.2, 0.25) is 0 Å². The van der Waals surface area contributed by atoms with E-state index in [2.05, 4.69) is 36.1 Å². The van der Waals surface area contributed by atoms with Gasteiger partial charge < -0.3 is 19.8 Å². The zero-order valence-electron chi connectivity index (χ0n) is 21.0. The van der Waals surface area contributed by atoms with Crippen molar-refractivity contribution in [2.45, 2.75) is 6.92 Å². The molecule has 2 aromatic heterocycles. The Balaban J connectivity index is 1.30. The lowest BCUT2D eigenvalue weighted by molar-refractivity contribution is 0.0526. The summed E-state index contributed by atoms with van der Waals surface area (Å²) >= 11 is 0. The highest BCUT2D eigenvalue weighted by Crippen LogP contribution is 2.23. The number of hydrazone groups is 1. The van der Waals surface area contributed by atoms with E-state index in [9.17, 15) is 4.79 Å². The summed E-state index contributed by atoms with van der Waals surface area (Å²) in [4.78, 5) is 25.2. The van der Waals surface area contributed by atoms with Gasteiger partial charge in [-0.1, -0.05) is 48.5 Å². The zero-order valence-corrected chi connectivity index (χ0v) is 21.0. The molecular formula is C29H25N7O3. The Labute approximate surface area is 224 Å². The third kappa shape index (κ3) is 6.83. The van der Waals surface area contributed by atoms with Gasteiger partial charge in [0.25, 0.3) is 0 Å². The van der Waals surface area contributed by atoms with Gasteiger partial charge in [0.1, 0.15) is 11.5 Å². The zero-order chi connectivity index (χ0) is 26.9. The second-order valence-electron chi connectivity index (χ2n) is 8.16. The predicted octanol–water partition coefficient (Wildman–Crippen LogP) is 6.24. The van der Waals surface area contributed by atoms with E-state index in [1.165, 1.54) is 6.21 Å². The fourth-order valence-corrected chi connectivity index (χ4v) is 3.55. The summed E-state index contributed by atoms with van der Waals surface area (Å²) in [6.07, 6.45) is 1.52. The first-order valence-corrected chi connectivity index (χ1v) is 12.2. The van der Waals surface area contributed by atoms with Crippen LogP contribution in [0.15, 0.2) is 107 Å². The van der Waals surface area contributed by atoms with Gasteiger partial charge in [-0.05, 0) is 55.5 Å². The van der Waals surface area contributed by atoms with Gasteiger partial charge in [0.05, 0.1) is 18.4 Å².